The molecule has 0 spiro atoms. The van der Waals surface area contributed by atoms with Gasteiger partial charge in [-0.3, -0.25) is 0 Å². The van der Waals surface area contributed by atoms with E-state index in [4.69, 9.17) is 6.57 Å². The van der Waals surface area contributed by atoms with Crippen LogP contribution in [-0.4, -0.2) is 18.3 Å². The summed E-state index contributed by atoms with van der Waals surface area (Å²) < 4.78 is 9.52. The average molecular weight is 1020 g/mol. The average Bonchev–Trinajstić information content (AvgIpc) is 4.32. The number of para-hydroxylation sites is 7. The second-order valence-electron chi connectivity index (χ2n) is 20.8. The number of aromatic nitrogens is 4. The number of rotatable bonds is 6. The lowest BCUT2D eigenvalue weighted by molar-refractivity contribution is 1.14. The fraction of sp³-hybridized carbons (Fsp3) is 0.0267. The zero-order valence-electron chi connectivity index (χ0n) is 44.2. The van der Waals surface area contributed by atoms with Crippen LogP contribution in [-0.2, 0) is 0 Å². The molecule has 0 amide bonds. The third-order valence-electron chi connectivity index (χ3n) is 16.4. The summed E-state index contributed by atoms with van der Waals surface area (Å²) in [5.41, 5.74) is 22.3. The van der Waals surface area contributed by atoms with Gasteiger partial charge in [0.05, 0.1) is 50.7 Å². The first kappa shape index (κ1) is 46.6. The van der Waals surface area contributed by atoms with Crippen LogP contribution in [0.4, 0.5) is 5.69 Å². The first-order chi connectivity index (χ1) is 39.5. The lowest BCUT2D eigenvalue weighted by Crippen LogP contribution is -2.01. The largest absolute Gasteiger partial charge is 0.309 e. The Morgan fingerprint density at radius 2 is 0.562 bits per heavy atom. The third-order valence-corrected chi connectivity index (χ3v) is 16.4. The number of hydrogen-bond donors (Lipinski definition) is 0. The summed E-state index contributed by atoms with van der Waals surface area (Å²) >= 11 is 0. The highest BCUT2D eigenvalue weighted by Gasteiger charge is 2.20. The molecule has 0 unspecified atom stereocenters. The Balaban J connectivity index is 0.000000138. The highest BCUT2D eigenvalue weighted by molar-refractivity contribution is 6.13. The van der Waals surface area contributed by atoms with Gasteiger partial charge in [-0.15, -0.1) is 0 Å². The molecule has 4 aromatic heterocycles. The van der Waals surface area contributed by atoms with Gasteiger partial charge in [-0.1, -0.05) is 182 Å². The minimum atomic E-state index is 0.658. The molecule has 0 aliphatic rings. The van der Waals surface area contributed by atoms with E-state index in [1.165, 1.54) is 99.0 Å². The van der Waals surface area contributed by atoms with Gasteiger partial charge in [0.25, 0.3) is 0 Å². The summed E-state index contributed by atoms with van der Waals surface area (Å²) in [4.78, 5) is 3.67. The molecule has 0 aliphatic heterocycles. The van der Waals surface area contributed by atoms with Crippen molar-refractivity contribution in [2.75, 3.05) is 0 Å². The van der Waals surface area contributed by atoms with Crippen molar-refractivity contribution in [2.24, 2.45) is 0 Å². The van der Waals surface area contributed by atoms with E-state index in [1.807, 2.05) is 12.1 Å². The normalized spacial score (nSPS) is 11.6. The van der Waals surface area contributed by atoms with Crippen molar-refractivity contribution in [2.45, 2.75) is 13.8 Å². The standard InChI is InChI=1S/C38H28N2.C37H23N3/c1-25-27(17-11-23-33(25)39-35-19-7-3-13-29(35)30-14-4-8-20-36(30)39)28-18-12-24-34(26(28)2)40-37-21-9-5-15-31(37)32-16-6-10-22-38(32)40;1-38-27-20-21-37-33(24-27)32-16-4-7-19-36(32)40(37)29-13-9-11-26(23-29)25-10-8-12-28(22-25)39-34-17-5-2-14-30(34)31-15-3-6-18-35(31)39/h3-24H,1-2H3;2-24H. The molecule has 376 valence electrons. The maximum absolute atomic E-state index is 7.50. The molecular weight excluding hydrogens is 971 g/mol. The van der Waals surface area contributed by atoms with Crippen molar-refractivity contribution < 1.29 is 0 Å². The van der Waals surface area contributed by atoms with E-state index in [2.05, 4.69) is 298 Å². The molecule has 0 aliphatic carbocycles. The SMILES string of the molecule is Cc1c(-c2cccc(-n3c4ccccc4c4ccccc43)c2C)cccc1-n1c2ccccc2c2ccccc21.[C-]#[N+]c1ccc2c(c1)c1ccccc1n2-c1cccc(-c2cccc(-n3c4ccccc4c4ccccc43)c2)c1. The molecule has 4 heterocycles. The smallest absolute Gasteiger partial charge is 0.188 e. The van der Waals surface area contributed by atoms with Gasteiger partial charge < -0.3 is 18.3 Å². The van der Waals surface area contributed by atoms with E-state index in [9.17, 15) is 0 Å². The van der Waals surface area contributed by atoms with Gasteiger partial charge in [-0.05, 0) is 144 Å². The number of hydrogen-bond acceptors (Lipinski definition) is 0. The zero-order valence-corrected chi connectivity index (χ0v) is 44.2. The van der Waals surface area contributed by atoms with Crippen LogP contribution in [0.3, 0.4) is 0 Å². The van der Waals surface area contributed by atoms with Gasteiger partial charge in [0.1, 0.15) is 0 Å². The number of fused-ring (bicyclic) bond motifs is 12. The van der Waals surface area contributed by atoms with Crippen LogP contribution in [0.1, 0.15) is 11.1 Å². The summed E-state index contributed by atoms with van der Waals surface area (Å²) in [5, 5.41) is 9.92. The molecule has 16 aromatic rings. The summed E-state index contributed by atoms with van der Waals surface area (Å²) in [6.07, 6.45) is 0. The zero-order chi connectivity index (χ0) is 53.4. The molecule has 80 heavy (non-hydrogen) atoms. The molecule has 5 heteroatoms. The molecule has 12 aromatic carbocycles. The van der Waals surface area contributed by atoms with Crippen molar-refractivity contribution in [3.63, 3.8) is 0 Å². The third kappa shape index (κ3) is 7.31. The van der Waals surface area contributed by atoms with E-state index in [-0.39, 0.29) is 0 Å². The lowest BCUT2D eigenvalue weighted by Gasteiger charge is -2.19. The first-order valence-electron chi connectivity index (χ1n) is 27.3. The monoisotopic (exact) mass is 1020 g/mol. The van der Waals surface area contributed by atoms with Gasteiger partial charge >= 0.3 is 0 Å². The second-order valence-corrected chi connectivity index (χ2v) is 20.8. The number of benzene rings is 12. The Morgan fingerprint density at radius 1 is 0.263 bits per heavy atom. The molecule has 0 N–H and O–H groups in total. The Labute approximate surface area is 463 Å². The van der Waals surface area contributed by atoms with Crippen LogP contribution in [0.25, 0.3) is 137 Å². The maximum atomic E-state index is 7.50. The molecule has 0 fully saturated rings. The lowest BCUT2D eigenvalue weighted by atomic mass is 9.94. The van der Waals surface area contributed by atoms with Gasteiger partial charge in [-0.2, -0.15) is 0 Å². The Morgan fingerprint density at radius 3 is 0.912 bits per heavy atom. The van der Waals surface area contributed by atoms with Crippen molar-refractivity contribution in [1.82, 2.24) is 18.3 Å². The van der Waals surface area contributed by atoms with E-state index >= 15 is 0 Å². The fourth-order valence-corrected chi connectivity index (χ4v) is 12.8. The van der Waals surface area contributed by atoms with Gasteiger partial charge in [0, 0.05) is 60.5 Å². The molecule has 5 nitrogen and oxygen atoms in total. The van der Waals surface area contributed by atoms with E-state index < -0.39 is 0 Å². The molecule has 0 radical (unpaired) electrons. The first-order valence-corrected chi connectivity index (χ1v) is 27.3. The van der Waals surface area contributed by atoms with Crippen molar-refractivity contribution in [1.29, 1.82) is 0 Å². The quantitative estimate of drug-likeness (QED) is 0.148. The highest BCUT2D eigenvalue weighted by atomic mass is 15.0. The van der Waals surface area contributed by atoms with E-state index in [0.29, 0.717) is 5.69 Å². The summed E-state index contributed by atoms with van der Waals surface area (Å²) in [6, 6.07) is 97.5. The second kappa shape index (κ2) is 18.8. The van der Waals surface area contributed by atoms with Gasteiger partial charge in [0.15, 0.2) is 5.69 Å². The van der Waals surface area contributed by atoms with Crippen LogP contribution < -0.4 is 0 Å². The predicted octanol–water partition coefficient (Wildman–Crippen LogP) is 20.3. The summed E-state index contributed by atoms with van der Waals surface area (Å²) in [5.74, 6) is 0. The predicted molar refractivity (Wildman–Crippen MR) is 337 cm³/mol. The summed E-state index contributed by atoms with van der Waals surface area (Å²) in [7, 11) is 0. The van der Waals surface area contributed by atoms with Crippen molar-refractivity contribution in [3.8, 4) is 45.0 Å². The minimum Gasteiger partial charge on any atom is -0.309 e. The van der Waals surface area contributed by atoms with E-state index in [1.54, 1.807) is 0 Å². The van der Waals surface area contributed by atoms with Crippen molar-refractivity contribution >= 4 is 92.9 Å². The molecular formula is C75H51N5. The van der Waals surface area contributed by atoms with Crippen molar-refractivity contribution in [3.05, 3.63) is 296 Å². The Hall–Kier alpha value is -10.7. The minimum absolute atomic E-state index is 0.658. The van der Waals surface area contributed by atoms with Crippen LogP contribution in [0.5, 0.6) is 0 Å². The molecule has 16 rings (SSSR count). The van der Waals surface area contributed by atoms with Gasteiger partial charge in [0.2, 0.25) is 0 Å². The van der Waals surface area contributed by atoms with Crippen LogP contribution in [0.2, 0.25) is 0 Å². The number of nitrogens with zero attached hydrogens (tertiary/aromatic N) is 5. The molecule has 0 saturated heterocycles. The summed E-state index contributed by atoms with van der Waals surface area (Å²) in [6.45, 7) is 12.0. The Kier molecular flexibility index (Phi) is 11.0. The topological polar surface area (TPSA) is 24.1 Å². The maximum Gasteiger partial charge on any atom is 0.188 e. The molecule has 0 atom stereocenters. The molecule has 0 saturated carbocycles. The molecule has 0 bridgehead atoms. The van der Waals surface area contributed by atoms with Crippen LogP contribution in [0.15, 0.2) is 273 Å². The van der Waals surface area contributed by atoms with E-state index in [0.717, 1.165) is 44.3 Å². The van der Waals surface area contributed by atoms with Crippen LogP contribution >= 0.6 is 0 Å². The fourth-order valence-electron chi connectivity index (χ4n) is 12.8. The Bertz CT molecular complexity index is 4860. The highest BCUT2D eigenvalue weighted by Crippen LogP contribution is 2.41. The van der Waals surface area contributed by atoms with Gasteiger partial charge in [-0.25, -0.2) is 4.85 Å². The van der Waals surface area contributed by atoms with Crippen LogP contribution in [0, 0.1) is 20.4 Å².